The molecule has 1 heterocycles. The number of carbonyl (C=O) groups is 1. The minimum absolute atomic E-state index is 0.0108. The Hall–Kier alpha value is -3.03. The van der Waals surface area contributed by atoms with E-state index in [-0.39, 0.29) is 12.0 Å². The van der Waals surface area contributed by atoms with E-state index in [0.29, 0.717) is 37.9 Å². The van der Waals surface area contributed by atoms with Gasteiger partial charge in [0.15, 0.2) is 0 Å². The van der Waals surface area contributed by atoms with Crippen molar-refractivity contribution in [2.24, 2.45) is 13.0 Å². The third kappa shape index (κ3) is 4.68. The van der Waals surface area contributed by atoms with E-state index in [2.05, 4.69) is 4.98 Å². The first-order valence-corrected chi connectivity index (χ1v) is 10.2. The lowest BCUT2D eigenvalue weighted by molar-refractivity contribution is -0.143. The molecule has 3 aromatic rings. The topological polar surface area (TPSA) is 64.4 Å². The maximum atomic E-state index is 12.8. The smallest absolute Gasteiger partial charge is 0.416 e. The van der Waals surface area contributed by atoms with Crippen LogP contribution in [0.3, 0.4) is 0 Å². The Morgan fingerprint density at radius 1 is 1.13 bits per heavy atom. The van der Waals surface area contributed by atoms with Crippen LogP contribution in [0.25, 0.3) is 11.0 Å². The minimum atomic E-state index is -4.35. The lowest BCUT2D eigenvalue weighted by atomic mass is 9.87. The normalized spacial score (nSPS) is 19.5. The molecule has 1 aliphatic rings. The van der Waals surface area contributed by atoms with Crippen LogP contribution in [-0.2, 0) is 24.4 Å². The predicted molar refractivity (Wildman–Crippen MR) is 109 cm³/mol. The summed E-state index contributed by atoms with van der Waals surface area (Å²) in [5.41, 5.74) is 1.74. The van der Waals surface area contributed by atoms with Crippen molar-refractivity contribution in [3.05, 3.63) is 59.4 Å². The van der Waals surface area contributed by atoms with Crippen LogP contribution in [0.15, 0.2) is 42.5 Å². The molecule has 0 amide bonds. The Bertz CT molecular complexity index is 1080. The van der Waals surface area contributed by atoms with Gasteiger partial charge in [0.2, 0.25) is 0 Å². The van der Waals surface area contributed by atoms with Crippen molar-refractivity contribution in [3.8, 4) is 5.75 Å². The molecule has 5 nitrogen and oxygen atoms in total. The Kier molecular flexibility index (Phi) is 5.64. The number of aliphatic carboxylic acids is 1. The van der Waals surface area contributed by atoms with Crippen LogP contribution in [0.1, 0.15) is 42.6 Å². The lowest BCUT2D eigenvalue weighted by Crippen LogP contribution is -2.27. The van der Waals surface area contributed by atoms with E-state index in [0.717, 1.165) is 34.6 Å². The van der Waals surface area contributed by atoms with Crippen molar-refractivity contribution < 1.29 is 27.8 Å². The third-order valence-electron chi connectivity index (χ3n) is 5.91. The van der Waals surface area contributed by atoms with Gasteiger partial charge < -0.3 is 14.4 Å². The summed E-state index contributed by atoms with van der Waals surface area (Å²) in [7, 11) is 1.88. The molecule has 4 rings (SSSR count). The molecule has 2 aromatic carbocycles. The van der Waals surface area contributed by atoms with Gasteiger partial charge in [-0.3, -0.25) is 4.79 Å². The largest absolute Gasteiger partial charge is 0.490 e. The number of carboxylic acids is 1. The van der Waals surface area contributed by atoms with E-state index in [1.54, 1.807) is 0 Å². The molecule has 0 saturated heterocycles. The number of alkyl halides is 3. The summed E-state index contributed by atoms with van der Waals surface area (Å²) in [6, 6.07) is 10.8. The Balaban J connectivity index is 1.47. The van der Waals surface area contributed by atoms with Crippen molar-refractivity contribution in [1.82, 2.24) is 9.55 Å². The zero-order chi connectivity index (χ0) is 22.2. The first-order valence-electron chi connectivity index (χ1n) is 10.2. The van der Waals surface area contributed by atoms with E-state index in [1.807, 2.05) is 29.8 Å². The average Bonchev–Trinajstić information content (AvgIpc) is 3.03. The molecule has 1 N–H and O–H groups in total. The second kappa shape index (κ2) is 8.24. The molecular formula is C23H23F3N2O3. The molecule has 8 heteroatoms. The molecule has 1 aromatic heterocycles. The van der Waals surface area contributed by atoms with Gasteiger partial charge in [0.1, 0.15) is 11.6 Å². The average molecular weight is 432 g/mol. The molecule has 164 valence electrons. The molecule has 1 saturated carbocycles. The van der Waals surface area contributed by atoms with Gasteiger partial charge >= 0.3 is 12.1 Å². The number of hydrogen-bond donors (Lipinski definition) is 1. The number of benzene rings is 2. The van der Waals surface area contributed by atoms with Gasteiger partial charge in [-0.05, 0) is 55.5 Å². The lowest BCUT2D eigenvalue weighted by Gasteiger charge is -2.26. The molecular weight excluding hydrogens is 409 g/mol. The van der Waals surface area contributed by atoms with Gasteiger partial charge in [0.25, 0.3) is 0 Å². The highest BCUT2D eigenvalue weighted by Crippen LogP contribution is 2.31. The molecule has 0 atom stereocenters. The van der Waals surface area contributed by atoms with E-state index < -0.39 is 17.7 Å². The van der Waals surface area contributed by atoms with Crippen molar-refractivity contribution in [1.29, 1.82) is 0 Å². The summed E-state index contributed by atoms with van der Waals surface area (Å²) in [5.74, 6) is 0.402. The monoisotopic (exact) mass is 432 g/mol. The van der Waals surface area contributed by atoms with Crippen LogP contribution in [0.5, 0.6) is 5.75 Å². The highest BCUT2D eigenvalue weighted by molar-refractivity contribution is 5.77. The Morgan fingerprint density at radius 2 is 1.81 bits per heavy atom. The number of fused-ring (bicyclic) bond motifs is 1. The fourth-order valence-electron chi connectivity index (χ4n) is 4.08. The molecule has 31 heavy (non-hydrogen) atoms. The van der Waals surface area contributed by atoms with Crippen LogP contribution in [0.2, 0.25) is 0 Å². The maximum absolute atomic E-state index is 12.8. The van der Waals surface area contributed by atoms with Crippen molar-refractivity contribution in [3.63, 3.8) is 0 Å². The number of imidazole rings is 1. The molecule has 1 fully saturated rings. The third-order valence-corrected chi connectivity index (χ3v) is 5.91. The van der Waals surface area contributed by atoms with Crippen molar-refractivity contribution in [2.45, 2.75) is 44.4 Å². The Labute approximate surface area is 177 Å². The van der Waals surface area contributed by atoms with Crippen molar-refractivity contribution in [2.75, 3.05) is 0 Å². The number of nitrogens with zero attached hydrogens (tertiary/aromatic N) is 2. The van der Waals surface area contributed by atoms with Gasteiger partial charge in [0, 0.05) is 19.5 Å². The summed E-state index contributed by atoms with van der Waals surface area (Å²) in [5, 5.41) is 9.11. The molecule has 1 aliphatic carbocycles. The van der Waals surface area contributed by atoms with Crippen LogP contribution < -0.4 is 4.74 Å². The SMILES string of the molecule is Cn1c(Cc2ccc(C(F)(F)F)cc2)nc2cc(O[C@H]3CC[C@@H](C(=O)O)CC3)ccc21. The Morgan fingerprint density at radius 3 is 2.42 bits per heavy atom. The summed E-state index contributed by atoms with van der Waals surface area (Å²) >= 11 is 0. The number of carboxylic acid groups (broad SMARTS) is 1. The van der Waals surface area contributed by atoms with Crippen LogP contribution in [0.4, 0.5) is 13.2 Å². The fraction of sp³-hybridized carbons (Fsp3) is 0.391. The molecule has 0 bridgehead atoms. The van der Waals surface area contributed by atoms with Gasteiger partial charge in [-0.2, -0.15) is 13.2 Å². The summed E-state index contributed by atoms with van der Waals surface area (Å²) in [6.45, 7) is 0. The van der Waals surface area contributed by atoms with Crippen molar-refractivity contribution >= 4 is 17.0 Å². The molecule has 0 unspecified atom stereocenters. The number of ether oxygens (including phenoxy) is 1. The summed E-state index contributed by atoms with van der Waals surface area (Å²) in [4.78, 5) is 15.7. The van der Waals surface area contributed by atoms with E-state index >= 15 is 0 Å². The quantitative estimate of drug-likeness (QED) is 0.602. The first kappa shape index (κ1) is 21.2. The van der Waals surface area contributed by atoms with E-state index in [9.17, 15) is 18.0 Å². The maximum Gasteiger partial charge on any atom is 0.416 e. The molecule has 0 radical (unpaired) electrons. The highest BCUT2D eigenvalue weighted by Gasteiger charge is 2.30. The van der Waals surface area contributed by atoms with Crippen LogP contribution >= 0.6 is 0 Å². The van der Waals surface area contributed by atoms with Gasteiger partial charge in [-0.15, -0.1) is 0 Å². The number of aryl methyl sites for hydroxylation is 1. The second-order valence-corrected chi connectivity index (χ2v) is 8.04. The minimum Gasteiger partial charge on any atom is -0.490 e. The molecule has 0 spiro atoms. The van der Waals surface area contributed by atoms with Gasteiger partial charge in [-0.1, -0.05) is 12.1 Å². The summed E-state index contributed by atoms with van der Waals surface area (Å²) in [6.07, 6.45) is -1.30. The van der Waals surface area contributed by atoms with Gasteiger partial charge in [-0.25, -0.2) is 4.98 Å². The van der Waals surface area contributed by atoms with Crippen LogP contribution in [-0.4, -0.2) is 26.7 Å². The number of halogens is 3. The summed E-state index contributed by atoms with van der Waals surface area (Å²) < 4.78 is 46.2. The second-order valence-electron chi connectivity index (χ2n) is 8.04. The first-order chi connectivity index (χ1) is 14.7. The predicted octanol–water partition coefficient (Wildman–Crippen LogP) is 5.21. The fourth-order valence-corrected chi connectivity index (χ4v) is 4.08. The number of rotatable bonds is 5. The van der Waals surface area contributed by atoms with E-state index in [1.165, 1.54) is 12.1 Å². The zero-order valence-electron chi connectivity index (χ0n) is 17.0. The molecule has 0 aliphatic heterocycles. The van der Waals surface area contributed by atoms with E-state index in [4.69, 9.17) is 9.84 Å². The standard InChI is InChI=1S/C23H23F3N2O3/c1-28-20-11-10-18(31-17-8-4-15(5-9-17)22(29)30)13-19(20)27-21(28)12-14-2-6-16(7-3-14)23(24,25)26/h2-3,6-7,10-11,13,15,17H,4-5,8-9,12H2,1H3,(H,29,30)/t15-,17+. The highest BCUT2D eigenvalue weighted by atomic mass is 19.4. The number of aromatic nitrogens is 2. The van der Waals surface area contributed by atoms with Gasteiger partial charge in [0.05, 0.1) is 28.6 Å². The zero-order valence-corrected chi connectivity index (χ0v) is 17.0. The van der Waals surface area contributed by atoms with Crippen LogP contribution in [0, 0.1) is 5.92 Å². The number of hydrogen-bond acceptors (Lipinski definition) is 3.